The molecule has 0 aliphatic carbocycles. The third-order valence-corrected chi connectivity index (χ3v) is 2.43. The molecule has 0 radical (unpaired) electrons. The van der Waals surface area contributed by atoms with Crippen molar-refractivity contribution >= 4 is 17.5 Å². The van der Waals surface area contributed by atoms with Gasteiger partial charge >= 0.3 is 0 Å². The molecule has 4 N–H and O–H groups in total. The molecule has 0 aliphatic rings. The van der Waals surface area contributed by atoms with Crippen molar-refractivity contribution in [2.45, 2.75) is 6.92 Å². The fourth-order valence-corrected chi connectivity index (χ4v) is 1.54. The van der Waals surface area contributed by atoms with E-state index in [0.717, 1.165) is 11.3 Å². The van der Waals surface area contributed by atoms with Crippen LogP contribution in [-0.2, 0) is 0 Å². The van der Waals surface area contributed by atoms with Crippen molar-refractivity contribution in [3.8, 4) is 0 Å². The van der Waals surface area contributed by atoms with E-state index in [0.29, 0.717) is 5.56 Å². The summed E-state index contributed by atoms with van der Waals surface area (Å²) in [5.41, 5.74) is 4.65. The highest BCUT2D eigenvalue weighted by Gasteiger charge is 2.10. The van der Waals surface area contributed by atoms with E-state index < -0.39 is 0 Å². The minimum absolute atomic E-state index is 0.248. The number of nitrogens with one attached hydrogen (secondary N) is 2. The largest absolute Gasteiger partial charge is 0.324 e. The zero-order valence-corrected chi connectivity index (χ0v) is 9.84. The van der Waals surface area contributed by atoms with Crippen LogP contribution < -0.4 is 16.6 Å². The Hall–Kier alpha value is -2.47. The molecule has 1 heterocycles. The normalized spacial score (nSPS) is 9.89. The average Bonchev–Trinajstić information content (AvgIpc) is 2.39. The van der Waals surface area contributed by atoms with Crippen molar-refractivity contribution in [3.63, 3.8) is 0 Å². The summed E-state index contributed by atoms with van der Waals surface area (Å²) in [6.45, 7) is 1.83. The Balaban J connectivity index is 2.19. The quantitative estimate of drug-likeness (QED) is 0.558. The van der Waals surface area contributed by atoms with Gasteiger partial charge in [0, 0.05) is 23.6 Å². The first-order valence-corrected chi connectivity index (χ1v) is 5.36. The van der Waals surface area contributed by atoms with Crippen LogP contribution in [0.2, 0.25) is 0 Å². The maximum Gasteiger partial charge on any atom is 0.258 e. The topological polar surface area (TPSA) is 92.9 Å². The third-order valence-electron chi connectivity index (χ3n) is 2.43. The van der Waals surface area contributed by atoms with Crippen LogP contribution in [0.1, 0.15) is 15.9 Å². The van der Waals surface area contributed by atoms with Gasteiger partial charge < -0.3 is 5.43 Å². The van der Waals surface area contributed by atoms with Gasteiger partial charge in [0.05, 0.1) is 0 Å². The second-order valence-corrected chi connectivity index (χ2v) is 3.70. The second kappa shape index (κ2) is 5.24. The number of benzene rings is 1. The summed E-state index contributed by atoms with van der Waals surface area (Å²) >= 11 is 0. The summed E-state index contributed by atoms with van der Waals surface area (Å²) in [6, 6.07) is 6.90. The van der Waals surface area contributed by atoms with Crippen molar-refractivity contribution in [1.82, 2.24) is 9.97 Å². The van der Waals surface area contributed by atoms with Crippen molar-refractivity contribution in [2.24, 2.45) is 5.84 Å². The van der Waals surface area contributed by atoms with Crippen LogP contribution in [0.15, 0.2) is 36.7 Å². The monoisotopic (exact) mass is 243 g/mol. The molecule has 92 valence electrons. The number of nitrogens with zero attached hydrogens (tertiary/aromatic N) is 2. The standard InChI is InChI=1S/C12H13N5O/c1-8-7-9(17-13)3-4-10(8)11(18)16-12-14-5-2-6-15-12/h2-7,17H,13H2,1H3,(H,14,15,16,18). The minimum Gasteiger partial charge on any atom is -0.324 e. The molecule has 2 rings (SSSR count). The molecule has 6 nitrogen and oxygen atoms in total. The van der Waals surface area contributed by atoms with Crippen LogP contribution in [0.25, 0.3) is 0 Å². The molecule has 0 saturated carbocycles. The summed E-state index contributed by atoms with van der Waals surface area (Å²) < 4.78 is 0. The van der Waals surface area contributed by atoms with Crippen LogP contribution in [-0.4, -0.2) is 15.9 Å². The van der Waals surface area contributed by atoms with Crippen LogP contribution in [0, 0.1) is 6.92 Å². The number of carbonyl (C=O) groups excluding carboxylic acids is 1. The lowest BCUT2D eigenvalue weighted by Gasteiger charge is -2.08. The molecule has 0 unspecified atom stereocenters. The molecule has 1 aromatic heterocycles. The summed E-state index contributed by atoms with van der Waals surface area (Å²) in [6.07, 6.45) is 3.13. The first-order chi connectivity index (χ1) is 8.70. The Bertz CT molecular complexity index is 556. The summed E-state index contributed by atoms with van der Waals surface area (Å²) in [4.78, 5) is 19.9. The molecule has 0 atom stereocenters. The van der Waals surface area contributed by atoms with Gasteiger partial charge in [-0.3, -0.25) is 16.0 Å². The summed E-state index contributed by atoms with van der Waals surface area (Å²) in [5, 5.41) is 2.62. The minimum atomic E-state index is -0.248. The fraction of sp³-hybridized carbons (Fsp3) is 0.0833. The Labute approximate surface area is 104 Å². The van der Waals surface area contributed by atoms with Gasteiger partial charge in [-0.25, -0.2) is 9.97 Å². The number of nitrogen functional groups attached to an aromatic ring is 1. The van der Waals surface area contributed by atoms with Gasteiger partial charge in [0.1, 0.15) is 0 Å². The number of nitrogens with two attached hydrogens (primary N) is 1. The lowest BCUT2D eigenvalue weighted by atomic mass is 10.1. The van der Waals surface area contributed by atoms with Gasteiger partial charge in [-0.1, -0.05) is 0 Å². The zero-order valence-electron chi connectivity index (χ0n) is 9.84. The first-order valence-electron chi connectivity index (χ1n) is 5.36. The molecule has 2 aromatic rings. The van der Waals surface area contributed by atoms with Crippen LogP contribution in [0.4, 0.5) is 11.6 Å². The Morgan fingerprint density at radius 2 is 2.00 bits per heavy atom. The van der Waals surface area contributed by atoms with E-state index in [2.05, 4.69) is 20.7 Å². The van der Waals surface area contributed by atoms with E-state index in [4.69, 9.17) is 5.84 Å². The lowest BCUT2D eigenvalue weighted by Crippen LogP contribution is -2.15. The van der Waals surface area contributed by atoms with E-state index in [9.17, 15) is 4.79 Å². The number of aromatic nitrogens is 2. The molecule has 1 amide bonds. The molecule has 0 spiro atoms. The van der Waals surface area contributed by atoms with Crippen molar-refractivity contribution < 1.29 is 4.79 Å². The van der Waals surface area contributed by atoms with E-state index >= 15 is 0 Å². The summed E-state index contributed by atoms with van der Waals surface area (Å²) in [5.74, 6) is 5.33. The molecule has 0 aliphatic heterocycles. The third kappa shape index (κ3) is 2.61. The Morgan fingerprint density at radius 3 is 2.61 bits per heavy atom. The Kier molecular flexibility index (Phi) is 3.49. The van der Waals surface area contributed by atoms with E-state index in [1.165, 1.54) is 0 Å². The maximum atomic E-state index is 12.0. The zero-order chi connectivity index (χ0) is 13.0. The van der Waals surface area contributed by atoms with E-state index in [1.807, 2.05) is 6.92 Å². The van der Waals surface area contributed by atoms with Crippen molar-refractivity contribution in [2.75, 3.05) is 10.7 Å². The number of anilines is 2. The number of hydrogen-bond donors (Lipinski definition) is 3. The molecule has 6 heteroatoms. The number of amides is 1. The molecule has 1 aromatic carbocycles. The SMILES string of the molecule is Cc1cc(NN)ccc1C(=O)Nc1ncccn1. The smallest absolute Gasteiger partial charge is 0.258 e. The van der Waals surface area contributed by atoms with Gasteiger partial charge in [-0.05, 0) is 36.8 Å². The molecule has 18 heavy (non-hydrogen) atoms. The predicted octanol–water partition coefficient (Wildman–Crippen LogP) is 1.32. The second-order valence-electron chi connectivity index (χ2n) is 3.70. The predicted molar refractivity (Wildman–Crippen MR) is 69.0 cm³/mol. The van der Waals surface area contributed by atoms with Crippen molar-refractivity contribution in [1.29, 1.82) is 0 Å². The van der Waals surface area contributed by atoms with Gasteiger partial charge in [0.2, 0.25) is 5.95 Å². The maximum absolute atomic E-state index is 12.0. The van der Waals surface area contributed by atoms with Crippen LogP contribution in [0.3, 0.4) is 0 Å². The first kappa shape index (κ1) is 12.0. The van der Waals surface area contributed by atoms with Crippen molar-refractivity contribution in [3.05, 3.63) is 47.8 Å². The van der Waals surface area contributed by atoms with E-state index in [1.54, 1.807) is 36.7 Å². The molecular formula is C12H13N5O. The lowest BCUT2D eigenvalue weighted by molar-refractivity contribution is 0.102. The highest BCUT2D eigenvalue weighted by Crippen LogP contribution is 2.15. The average molecular weight is 243 g/mol. The fourth-order valence-electron chi connectivity index (χ4n) is 1.54. The number of rotatable bonds is 3. The highest BCUT2D eigenvalue weighted by molar-refractivity contribution is 6.04. The molecule has 0 fully saturated rings. The summed E-state index contributed by atoms with van der Waals surface area (Å²) in [7, 11) is 0. The number of carbonyl (C=O) groups is 1. The molecule has 0 saturated heterocycles. The number of hydrogen-bond acceptors (Lipinski definition) is 5. The number of aryl methyl sites for hydroxylation is 1. The highest BCUT2D eigenvalue weighted by atomic mass is 16.1. The van der Waals surface area contributed by atoms with Gasteiger partial charge in [-0.15, -0.1) is 0 Å². The van der Waals surface area contributed by atoms with E-state index in [-0.39, 0.29) is 11.9 Å². The van der Waals surface area contributed by atoms with Gasteiger partial charge in [0.15, 0.2) is 0 Å². The van der Waals surface area contributed by atoms with Crippen LogP contribution >= 0.6 is 0 Å². The molecular weight excluding hydrogens is 230 g/mol. The van der Waals surface area contributed by atoms with Gasteiger partial charge in [0.25, 0.3) is 5.91 Å². The molecule has 0 bridgehead atoms. The number of hydrazine groups is 1. The van der Waals surface area contributed by atoms with Gasteiger partial charge in [-0.2, -0.15) is 0 Å². The Morgan fingerprint density at radius 1 is 1.28 bits per heavy atom. The van der Waals surface area contributed by atoms with Crippen LogP contribution in [0.5, 0.6) is 0 Å².